The van der Waals surface area contributed by atoms with Crippen molar-refractivity contribution in [3.05, 3.63) is 23.9 Å². The molecule has 0 unspecified atom stereocenters. The molecule has 1 atom stereocenters. The summed E-state index contributed by atoms with van der Waals surface area (Å²) in [6.07, 6.45) is 0.439. The van der Waals surface area contributed by atoms with Crippen molar-refractivity contribution in [1.29, 1.82) is 0 Å². The first kappa shape index (κ1) is 14.0. The first-order chi connectivity index (χ1) is 8.40. The monoisotopic (exact) mass is 252 g/mol. The van der Waals surface area contributed by atoms with E-state index in [2.05, 4.69) is 10.3 Å². The molecule has 6 heteroatoms. The molecule has 0 spiro atoms. The van der Waals surface area contributed by atoms with E-state index in [4.69, 9.17) is 10.2 Å². The molecule has 3 N–H and O–H groups in total. The molecule has 1 heterocycles. The van der Waals surface area contributed by atoms with Crippen LogP contribution in [0.1, 0.15) is 30.8 Å². The summed E-state index contributed by atoms with van der Waals surface area (Å²) in [6, 6.07) is 3.64. The third kappa shape index (κ3) is 4.04. The number of hydrogen-bond donors (Lipinski definition) is 3. The number of hydrogen-bond acceptors (Lipinski definition) is 4. The third-order valence-electron chi connectivity index (χ3n) is 2.30. The van der Waals surface area contributed by atoms with Crippen LogP contribution in [0.4, 0.5) is 5.82 Å². The van der Waals surface area contributed by atoms with Gasteiger partial charge in [0.05, 0.1) is 0 Å². The molecule has 0 bridgehead atoms. The maximum absolute atomic E-state index is 11.1. The van der Waals surface area contributed by atoms with Gasteiger partial charge in [0.1, 0.15) is 11.9 Å². The maximum Gasteiger partial charge on any atom is 0.354 e. The molecule has 98 valence electrons. The predicted octanol–water partition coefficient (Wildman–Crippen LogP) is 1.69. The number of rotatable bonds is 6. The Morgan fingerprint density at radius 1 is 1.33 bits per heavy atom. The van der Waals surface area contributed by atoms with Crippen LogP contribution in [0.5, 0.6) is 0 Å². The van der Waals surface area contributed by atoms with Crippen LogP contribution in [0.15, 0.2) is 18.2 Å². The van der Waals surface area contributed by atoms with Crippen molar-refractivity contribution >= 4 is 17.8 Å². The zero-order chi connectivity index (χ0) is 13.7. The number of aliphatic carboxylic acids is 1. The van der Waals surface area contributed by atoms with Gasteiger partial charge in [-0.15, -0.1) is 0 Å². The van der Waals surface area contributed by atoms with Gasteiger partial charge in [-0.05, 0) is 24.5 Å². The Bertz CT molecular complexity index is 445. The molecule has 6 nitrogen and oxygen atoms in total. The van der Waals surface area contributed by atoms with E-state index >= 15 is 0 Å². The Kier molecular flexibility index (Phi) is 4.65. The molecule has 1 aromatic rings. The van der Waals surface area contributed by atoms with Crippen molar-refractivity contribution in [2.45, 2.75) is 26.3 Å². The van der Waals surface area contributed by atoms with Crippen LogP contribution in [-0.2, 0) is 4.79 Å². The van der Waals surface area contributed by atoms with Gasteiger partial charge < -0.3 is 15.5 Å². The van der Waals surface area contributed by atoms with Crippen molar-refractivity contribution in [3.63, 3.8) is 0 Å². The Morgan fingerprint density at radius 3 is 2.50 bits per heavy atom. The number of anilines is 1. The van der Waals surface area contributed by atoms with Crippen molar-refractivity contribution in [1.82, 2.24) is 4.98 Å². The summed E-state index contributed by atoms with van der Waals surface area (Å²) in [5.41, 5.74) is -0.117. The second kappa shape index (κ2) is 6.00. The SMILES string of the molecule is CC(C)C[C@@H](Nc1cccc(C(=O)O)n1)C(=O)O. The van der Waals surface area contributed by atoms with Crippen LogP contribution in [-0.4, -0.2) is 33.2 Å². The summed E-state index contributed by atoms with van der Waals surface area (Å²) in [5, 5.41) is 20.6. The van der Waals surface area contributed by atoms with E-state index in [0.717, 1.165) is 0 Å². The number of pyridine rings is 1. The molecule has 0 aliphatic carbocycles. The van der Waals surface area contributed by atoms with E-state index in [-0.39, 0.29) is 17.4 Å². The number of carboxylic acid groups (broad SMARTS) is 2. The van der Waals surface area contributed by atoms with Crippen LogP contribution in [0, 0.1) is 5.92 Å². The summed E-state index contributed by atoms with van der Waals surface area (Å²) < 4.78 is 0. The molecular formula is C12H16N2O4. The molecule has 1 aromatic heterocycles. The summed E-state index contributed by atoms with van der Waals surface area (Å²) in [4.78, 5) is 25.6. The predicted molar refractivity (Wildman–Crippen MR) is 65.7 cm³/mol. The fourth-order valence-corrected chi connectivity index (χ4v) is 1.51. The number of carbonyl (C=O) groups is 2. The molecule has 0 aliphatic heterocycles. The van der Waals surface area contributed by atoms with Crippen LogP contribution in [0.3, 0.4) is 0 Å². The molecule has 0 aliphatic rings. The second-order valence-corrected chi connectivity index (χ2v) is 4.38. The minimum Gasteiger partial charge on any atom is -0.480 e. The van der Waals surface area contributed by atoms with Gasteiger partial charge in [0, 0.05) is 0 Å². The summed E-state index contributed by atoms with van der Waals surface area (Å²) in [7, 11) is 0. The summed E-state index contributed by atoms with van der Waals surface area (Å²) >= 11 is 0. The lowest BCUT2D eigenvalue weighted by Crippen LogP contribution is -2.31. The number of aromatic carboxylic acids is 1. The quantitative estimate of drug-likeness (QED) is 0.712. The topological polar surface area (TPSA) is 99.5 Å². The van der Waals surface area contributed by atoms with E-state index in [1.165, 1.54) is 12.1 Å². The highest BCUT2D eigenvalue weighted by molar-refractivity contribution is 5.86. The molecule has 1 rings (SSSR count). The fourth-order valence-electron chi connectivity index (χ4n) is 1.51. The lowest BCUT2D eigenvalue weighted by molar-refractivity contribution is -0.138. The molecule has 18 heavy (non-hydrogen) atoms. The third-order valence-corrected chi connectivity index (χ3v) is 2.30. The smallest absolute Gasteiger partial charge is 0.354 e. The van der Waals surface area contributed by atoms with Gasteiger partial charge in [-0.3, -0.25) is 0 Å². The van der Waals surface area contributed by atoms with Crippen LogP contribution in [0.2, 0.25) is 0 Å². The molecule has 0 radical (unpaired) electrons. The Morgan fingerprint density at radius 2 is 2.00 bits per heavy atom. The normalized spacial score (nSPS) is 12.2. The molecular weight excluding hydrogens is 236 g/mol. The van der Waals surface area contributed by atoms with Gasteiger partial charge in [-0.25, -0.2) is 14.6 Å². The van der Waals surface area contributed by atoms with Crippen molar-refractivity contribution in [3.8, 4) is 0 Å². The van der Waals surface area contributed by atoms with Gasteiger partial charge in [0.15, 0.2) is 5.69 Å². The molecule has 0 amide bonds. The standard InChI is InChI=1S/C12H16N2O4/c1-7(2)6-9(12(17)18)14-10-5-3-4-8(13-10)11(15)16/h3-5,7,9H,6H2,1-2H3,(H,13,14)(H,15,16)(H,17,18)/t9-/m1/s1. The fraction of sp³-hybridized carbons (Fsp3) is 0.417. The van der Waals surface area contributed by atoms with Crippen LogP contribution >= 0.6 is 0 Å². The number of carboxylic acids is 2. The number of nitrogens with one attached hydrogen (secondary N) is 1. The highest BCUT2D eigenvalue weighted by atomic mass is 16.4. The van der Waals surface area contributed by atoms with Crippen molar-refractivity contribution < 1.29 is 19.8 Å². The number of nitrogens with zero attached hydrogens (tertiary/aromatic N) is 1. The van der Waals surface area contributed by atoms with Gasteiger partial charge in [-0.2, -0.15) is 0 Å². The average Bonchev–Trinajstić information content (AvgIpc) is 2.27. The molecule has 0 saturated heterocycles. The van der Waals surface area contributed by atoms with E-state index in [1.54, 1.807) is 6.07 Å². The van der Waals surface area contributed by atoms with Crippen molar-refractivity contribution in [2.75, 3.05) is 5.32 Å². The largest absolute Gasteiger partial charge is 0.480 e. The Labute approximate surface area is 105 Å². The highest BCUT2D eigenvalue weighted by Gasteiger charge is 2.19. The maximum atomic E-state index is 11.1. The average molecular weight is 252 g/mol. The summed E-state index contributed by atoms with van der Waals surface area (Å²) in [6.45, 7) is 3.83. The zero-order valence-electron chi connectivity index (χ0n) is 10.3. The van der Waals surface area contributed by atoms with Gasteiger partial charge in [0.2, 0.25) is 0 Å². The molecule has 0 saturated carbocycles. The van der Waals surface area contributed by atoms with E-state index in [0.29, 0.717) is 6.42 Å². The van der Waals surface area contributed by atoms with E-state index in [9.17, 15) is 9.59 Å². The summed E-state index contributed by atoms with van der Waals surface area (Å²) in [5.74, 6) is -1.66. The van der Waals surface area contributed by atoms with E-state index < -0.39 is 18.0 Å². The lowest BCUT2D eigenvalue weighted by atomic mass is 10.0. The minimum absolute atomic E-state index is 0.117. The second-order valence-electron chi connectivity index (χ2n) is 4.38. The van der Waals surface area contributed by atoms with E-state index in [1.807, 2.05) is 13.8 Å². The van der Waals surface area contributed by atoms with Gasteiger partial charge in [0.25, 0.3) is 0 Å². The Balaban J connectivity index is 2.83. The van der Waals surface area contributed by atoms with Gasteiger partial charge in [-0.1, -0.05) is 19.9 Å². The zero-order valence-corrected chi connectivity index (χ0v) is 10.3. The molecule has 0 fully saturated rings. The minimum atomic E-state index is -1.14. The highest BCUT2D eigenvalue weighted by Crippen LogP contribution is 2.12. The molecule has 0 aromatic carbocycles. The Hall–Kier alpha value is -2.11. The number of aromatic nitrogens is 1. The van der Waals surface area contributed by atoms with Crippen LogP contribution < -0.4 is 5.32 Å². The first-order valence-corrected chi connectivity index (χ1v) is 5.60. The van der Waals surface area contributed by atoms with Crippen LogP contribution in [0.25, 0.3) is 0 Å². The first-order valence-electron chi connectivity index (χ1n) is 5.60. The lowest BCUT2D eigenvalue weighted by Gasteiger charge is -2.17. The van der Waals surface area contributed by atoms with Crippen molar-refractivity contribution in [2.24, 2.45) is 5.92 Å². The van der Waals surface area contributed by atoms with Gasteiger partial charge >= 0.3 is 11.9 Å².